The van der Waals surface area contributed by atoms with Crippen LogP contribution in [0.15, 0.2) is 47.5 Å². The van der Waals surface area contributed by atoms with Gasteiger partial charge in [0.25, 0.3) is 11.1 Å². The van der Waals surface area contributed by atoms with Crippen molar-refractivity contribution in [2.75, 3.05) is 20.1 Å². The molecule has 0 spiro atoms. The number of carboxylic acids is 1. The zero-order chi connectivity index (χ0) is 28.1. The molecule has 3 aromatic rings. The summed E-state index contributed by atoms with van der Waals surface area (Å²) in [7, 11) is 1.85. The molecule has 0 saturated carbocycles. The molecule has 0 bridgehead atoms. The highest BCUT2D eigenvalue weighted by Gasteiger charge is 2.55. The smallest absolute Gasteiger partial charge is 0.416 e. The Balaban J connectivity index is 1.42. The number of hydrogen-bond donors (Lipinski definition) is 1. The number of carboxylic acid groups (broad SMARTS) is 1. The highest BCUT2D eigenvalue weighted by Crippen LogP contribution is 2.41. The van der Waals surface area contributed by atoms with Crippen molar-refractivity contribution in [3.8, 4) is 0 Å². The number of nitrogens with zero attached hydrogens (tertiary/aromatic N) is 4. The van der Waals surface area contributed by atoms with Crippen LogP contribution in [-0.4, -0.2) is 67.5 Å². The number of hydrogen-bond acceptors (Lipinski definition) is 6. The number of likely N-dealkylation sites (tertiary alicyclic amines) is 1. The highest BCUT2D eigenvalue weighted by atomic mass is 35.5. The summed E-state index contributed by atoms with van der Waals surface area (Å²) < 4.78 is 42.0. The third kappa shape index (κ3) is 5.04. The van der Waals surface area contributed by atoms with E-state index < -0.39 is 34.4 Å². The monoisotopic (exact) mass is 578 g/mol. The van der Waals surface area contributed by atoms with Gasteiger partial charge in [0, 0.05) is 23.5 Å². The molecule has 2 aliphatic heterocycles. The molecule has 0 radical (unpaired) electrons. The average molecular weight is 579 g/mol. The molecule has 8 nitrogen and oxygen atoms in total. The van der Waals surface area contributed by atoms with Gasteiger partial charge in [-0.15, -0.1) is 0 Å². The number of fused-ring (bicyclic) bond motifs is 1. The third-order valence-electron chi connectivity index (χ3n) is 7.10. The van der Waals surface area contributed by atoms with Gasteiger partial charge in [-0.25, -0.2) is 4.79 Å². The van der Waals surface area contributed by atoms with Crippen LogP contribution in [0.1, 0.15) is 29.5 Å². The third-order valence-corrected chi connectivity index (χ3v) is 8.20. The van der Waals surface area contributed by atoms with E-state index in [9.17, 15) is 32.7 Å². The molecule has 13 heteroatoms. The first kappa shape index (κ1) is 27.2. The van der Waals surface area contributed by atoms with Crippen LogP contribution < -0.4 is 0 Å². The maximum absolute atomic E-state index is 13.5. The largest absolute Gasteiger partial charge is 0.479 e. The number of halogens is 4. The lowest BCUT2D eigenvalue weighted by Gasteiger charge is -2.41. The second kappa shape index (κ2) is 10.00. The Kier molecular flexibility index (Phi) is 6.98. The van der Waals surface area contributed by atoms with Crippen molar-refractivity contribution in [2.24, 2.45) is 0 Å². The topological polar surface area (TPSA) is 95.7 Å². The number of imide groups is 1. The summed E-state index contributed by atoms with van der Waals surface area (Å²) in [5.41, 5.74) is -1.29. The maximum Gasteiger partial charge on any atom is 0.416 e. The van der Waals surface area contributed by atoms with Crippen LogP contribution in [0, 0.1) is 0 Å². The fraction of sp³-hybridized carbons (Fsp3) is 0.308. The van der Waals surface area contributed by atoms with E-state index in [1.54, 1.807) is 18.2 Å². The lowest BCUT2D eigenvalue weighted by Crippen LogP contribution is -2.61. The lowest BCUT2D eigenvalue weighted by molar-refractivity contribution is -0.156. The molecule has 0 atom stereocenters. The van der Waals surface area contributed by atoms with E-state index in [0.29, 0.717) is 41.3 Å². The number of carbonyl (C=O) groups is 3. The first-order chi connectivity index (χ1) is 18.4. The number of piperidine rings is 1. The molecule has 0 aliphatic carbocycles. The van der Waals surface area contributed by atoms with E-state index in [2.05, 4.69) is 5.10 Å². The van der Waals surface area contributed by atoms with Crippen molar-refractivity contribution in [1.82, 2.24) is 19.6 Å². The van der Waals surface area contributed by atoms with Gasteiger partial charge in [0.2, 0.25) is 0 Å². The number of rotatable bonds is 5. The fourth-order valence-corrected chi connectivity index (χ4v) is 6.03. The summed E-state index contributed by atoms with van der Waals surface area (Å²) in [6.45, 7) is 0.739. The summed E-state index contributed by atoms with van der Waals surface area (Å²) >= 11 is 6.47. The minimum Gasteiger partial charge on any atom is -0.479 e. The van der Waals surface area contributed by atoms with Gasteiger partial charge in [-0.05, 0) is 73.1 Å². The Bertz CT molecular complexity index is 1530. The van der Waals surface area contributed by atoms with Crippen LogP contribution in [0.25, 0.3) is 17.0 Å². The number of carbonyl (C=O) groups excluding carboxylic acids is 2. The molecule has 1 aromatic heterocycles. The van der Waals surface area contributed by atoms with Crippen LogP contribution in [-0.2, 0) is 22.3 Å². The Hall–Kier alpha value is -3.35. The Morgan fingerprint density at radius 1 is 1.18 bits per heavy atom. The van der Waals surface area contributed by atoms with E-state index in [1.807, 2.05) is 11.9 Å². The Morgan fingerprint density at radius 3 is 2.56 bits per heavy atom. The van der Waals surface area contributed by atoms with Crippen molar-refractivity contribution in [1.29, 1.82) is 0 Å². The number of aliphatic carboxylic acids is 1. The second-order valence-electron chi connectivity index (χ2n) is 9.58. The summed E-state index contributed by atoms with van der Waals surface area (Å²) in [5, 5.41) is 14.2. The molecule has 2 saturated heterocycles. The summed E-state index contributed by atoms with van der Waals surface area (Å²) in [6, 6.07) is 8.61. The second-order valence-corrected chi connectivity index (χ2v) is 11.0. The summed E-state index contributed by atoms with van der Waals surface area (Å²) in [6.07, 6.45) is -1.29. The number of thioether (sulfide) groups is 1. The molecule has 3 heterocycles. The number of amides is 2. The maximum atomic E-state index is 13.5. The molecule has 2 fully saturated rings. The summed E-state index contributed by atoms with van der Waals surface area (Å²) in [5.74, 6) is -1.86. The van der Waals surface area contributed by atoms with Gasteiger partial charge in [-0.2, -0.15) is 18.3 Å². The lowest BCUT2D eigenvalue weighted by atomic mass is 9.86. The van der Waals surface area contributed by atoms with Gasteiger partial charge >= 0.3 is 12.1 Å². The summed E-state index contributed by atoms with van der Waals surface area (Å²) in [4.78, 5) is 41.2. The van der Waals surface area contributed by atoms with Crippen LogP contribution in [0.2, 0.25) is 5.02 Å². The predicted octanol–water partition coefficient (Wildman–Crippen LogP) is 5.34. The van der Waals surface area contributed by atoms with Gasteiger partial charge in [0.1, 0.15) is 0 Å². The molecular weight excluding hydrogens is 557 g/mol. The number of benzene rings is 2. The first-order valence-electron chi connectivity index (χ1n) is 11.9. The minimum absolute atomic E-state index is 0.0101. The van der Waals surface area contributed by atoms with Gasteiger partial charge < -0.3 is 10.0 Å². The van der Waals surface area contributed by atoms with Crippen LogP contribution >= 0.6 is 23.4 Å². The van der Waals surface area contributed by atoms with Crippen molar-refractivity contribution in [2.45, 2.75) is 31.1 Å². The van der Waals surface area contributed by atoms with E-state index in [1.165, 1.54) is 29.1 Å². The fourth-order valence-electron chi connectivity index (χ4n) is 4.94. The quantitative estimate of drug-likeness (QED) is 0.408. The van der Waals surface area contributed by atoms with Crippen molar-refractivity contribution in [3.63, 3.8) is 0 Å². The van der Waals surface area contributed by atoms with Crippen LogP contribution in [0.5, 0.6) is 0 Å². The van der Waals surface area contributed by atoms with Gasteiger partial charge in [0.05, 0.1) is 28.7 Å². The number of aromatic nitrogens is 2. The van der Waals surface area contributed by atoms with Crippen molar-refractivity contribution in [3.05, 3.63) is 69.2 Å². The zero-order valence-electron chi connectivity index (χ0n) is 20.5. The van der Waals surface area contributed by atoms with E-state index >= 15 is 0 Å². The van der Waals surface area contributed by atoms with Gasteiger partial charge in [-0.1, -0.05) is 23.7 Å². The molecule has 2 amide bonds. The van der Waals surface area contributed by atoms with Crippen LogP contribution in [0.3, 0.4) is 0 Å². The SMILES string of the molecule is CN1CCC(C(=O)O)(N2C(=O)S/C(=C\c3ccc4c(cnn4Cc4ccc(Cl)cc4C(F)(F)F)c3)C2=O)CC1. The van der Waals surface area contributed by atoms with Gasteiger partial charge in [0.15, 0.2) is 5.54 Å². The van der Waals surface area contributed by atoms with Crippen molar-refractivity contribution >= 4 is 57.5 Å². The van der Waals surface area contributed by atoms with Gasteiger partial charge in [-0.3, -0.25) is 19.2 Å². The normalized spacial score (nSPS) is 19.4. The zero-order valence-corrected chi connectivity index (χ0v) is 22.1. The standard InChI is InChI=1S/C26H22ClF3N4O4S/c1-32-8-6-25(7-9-32,23(36)37)34-22(35)21(39-24(34)38)11-15-2-5-20-17(10-15)13-31-33(20)14-16-3-4-18(27)12-19(16)26(28,29)30/h2-5,10-13H,6-9,14H2,1H3,(H,36,37)/b21-11-. The average Bonchev–Trinajstić information content (AvgIpc) is 3.39. The van der Waals surface area contributed by atoms with E-state index in [-0.39, 0.29) is 34.9 Å². The molecule has 2 aromatic carbocycles. The van der Waals surface area contributed by atoms with E-state index in [4.69, 9.17) is 11.6 Å². The number of alkyl halides is 3. The first-order valence-corrected chi connectivity index (χ1v) is 13.1. The van der Waals surface area contributed by atoms with Crippen LogP contribution in [0.4, 0.5) is 18.0 Å². The highest BCUT2D eigenvalue weighted by molar-refractivity contribution is 8.18. The predicted molar refractivity (Wildman–Crippen MR) is 140 cm³/mol. The van der Waals surface area contributed by atoms with Crippen molar-refractivity contribution < 1.29 is 32.7 Å². The molecule has 1 N–H and O–H groups in total. The molecular formula is C26H22ClF3N4O4S. The Labute approximate surface area is 230 Å². The minimum atomic E-state index is -4.58. The molecule has 2 aliphatic rings. The molecule has 0 unspecified atom stereocenters. The van der Waals surface area contributed by atoms with E-state index in [0.717, 1.165) is 11.0 Å². The Morgan fingerprint density at radius 2 is 1.90 bits per heavy atom. The molecule has 39 heavy (non-hydrogen) atoms. The molecule has 5 rings (SSSR count). The molecule has 204 valence electrons.